The second-order valence-electron chi connectivity index (χ2n) is 6.71. The molecule has 2 aromatic carbocycles. The molecule has 29 heavy (non-hydrogen) atoms. The van der Waals surface area contributed by atoms with Crippen LogP contribution in [-0.2, 0) is 14.8 Å². The first-order valence-corrected chi connectivity index (χ1v) is 10.9. The number of carbonyl (C=O) groups excluding carboxylic acids is 1. The van der Waals surface area contributed by atoms with E-state index in [4.69, 9.17) is 4.74 Å². The van der Waals surface area contributed by atoms with Gasteiger partial charge in [-0.15, -0.1) is 0 Å². The average molecular weight is 423 g/mol. The molecule has 0 saturated carbocycles. The van der Waals surface area contributed by atoms with Gasteiger partial charge in [-0.2, -0.15) is 4.31 Å². The Bertz CT molecular complexity index is 971. The first-order valence-electron chi connectivity index (χ1n) is 9.44. The summed E-state index contributed by atoms with van der Waals surface area (Å²) in [6.07, 6.45) is -0.858. The van der Waals surface area contributed by atoms with Crippen molar-refractivity contribution < 1.29 is 22.3 Å². The molecular formula is C21H27FN2O4S. The molecular weight excluding hydrogens is 395 g/mol. The highest BCUT2D eigenvalue weighted by Crippen LogP contribution is 2.26. The maximum atomic E-state index is 13.0. The number of halogens is 1. The lowest BCUT2D eigenvalue weighted by Gasteiger charge is -2.21. The molecule has 2 rings (SSSR count). The van der Waals surface area contributed by atoms with Crippen LogP contribution in [0.3, 0.4) is 0 Å². The third kappa shape index (κ3) is 5.33. The largest absolute Gasteiger partial charge is 0.481 e. The van der Waals surface area contributed by atoms with Crippen molar-refractivity contribution in [1.82, 2.24) is 4.31 Å². The first-order chi connectivity index (χ1) is 13.6. The number of hydrogen-bond donors (Lipinski definition) is 1. The standard InChI is InChI=1S/C21H27FN2O4S/c1-6-24(7-2)29(26,27)19-12-14(3)15(4)20(13-19)23-21(25)16(5)28-18-10-8-17(22)9-11-18/h8-13,16H,6-7H2,1-5H3,(H,23,25). The van der Waals surface area contributed by atoms with Crippen molar-refractivity contribution in [2.75, 3.05) is 18.4 Å². The number of amides is 1. The fraction of sp³-hybridized carbons (Fsp3) is 0.381. The van der Waals surface area contributed by atoms with E-state index in [1.54, 1.807) is 33.8 Å². The lowest BCUT2D eigenvalue weighted by Crippen LogP contribution is -2.32. The molecule has 6 nitrogen and oxygen atoms in total. The summed E-state index contributed by atoms with van der Waals surface area (Å²) in [5.41, 5.74) is 1.93. The summed E-state index contributed by atoms with van der Waals surface area (Å²) >= 11 is 0. The molecule has 1 atom stereocenters. The second kappa shape index (κ2) is 9.37. The first kappa shape index (κ1) is 22.8. The molecule has 8 heteroatoms. The number of ether oxygens (including phenoxy) is 1. The minimum absolute atomic E-state index is 0.131. The third-order valence-corrected chi connectivity index (χ3v) is 6.77. The van der Waals surface area contributed by atoms with Crippen molar-refractivity contribution >= 4 is 21.6 Å². The lowest BCUT2D eigenvalue weighted by atomic mass is 10.1. The van der Waals surface area contributed by atoms with E-state index in [-0.39, 0.29) is 4.90 Å². The normalized spacial score (nSPS) is 12.7. The number of benzene rings is 2. The summed E-state index contributed by atoms with van der Waals surface area (Å²) in [6, 6.07) is 8.44. The molecule has 1 unspecified atom stereocenters. The molecule has 0 fully saturated rings. The van der Waals surface area contributed by atoms with Gasteiger partial charge < -0.3 is 10.1 Å². The number of hydrogen-bond acceptors (Lipinski definition) is 4. The van der Waals surface area contributed by atoms with Crippen LogP contribution < -0.4 is 10.1 Å². The van der Waals surface area contributed by atoms with Crippen LogP contribution in [0, 0.1) is 19.7 Å². The summed E-state index contributed by atoms with van der Waals surface area (Å²) in [4.78, 5) is 12.7. The Hall–Kier alpha value is -2.45. The van der Waals surface area contributed by atoms with Gasteiger partial charge in [0.1, 0.15) is 11.6 Å². The summed E-state index contributed by atoms with van der Waals surface area (Å²) in [7, 11) is -3.66. The Kier molecular flexibility index (Phi) is 7.37. The van der Waals surface area contributed by atoms with Gasteiger partial charge in [0.15, 0.2) is 6.10 Å². The van der Waals surface area contributed by atoms with Crippen LogP contribution in [0.2, 0.25) is 0 Å². The van der Waals surface area contributed by atoms with Crippen molar-refractivity contribution in [2.45, 2.75) is 45.6 Å². The van der Waals surface area contributed by atoms with Gasteiger partial charge in [-0.05, 0) is 68.3 Å². The molecule has 0 aliphatic rings. The quantitative estimate of drug-likeness (QED) is 0.701. The number of sulfonamides is 1. The summed E-state index contributed by atoms with van der Waals surface area (Å²) in [5.74, 6) is -0.471. The fourth-order valence-corrected chi connectivity index (χ4v) is 4.39. The van der Waals surface area contributed by atoms with Gasteiger partial charge in [0, 0.05) is 18.8 Å². The Morgan fingerprint density at radius 1 is 1.14 bits per heavy atom. The Balaban J connectivity index is 2.26. The summed E-state index contributed by atoms with van der Waals surface area (Å²) in [5, 5.41) is 2.75. The van der Waals surface area contributed by atoms with Crippen LogP contribution in [0.4, 0.5) is 10.1 Å². The van der Waals surface area contributed by atoms with Crippen molar-refractivity contribution in [1.29, 1.82) is 0 Å². The number of carbonyl (C=O) groups is 1. The number of anilines is 1. The topological polar surface area (TPSA) is 75.7 Å². The zero-order chi connectivity index (χ0) is 21.8. The van der Waals surface area contributed by atoms with Crippen LogP contribution >= 0.6 is 0 Å². The predicted octanol–water partition coefficient (Wildman–Crippen LogP) is 3.88. The van der Waals surface area contributed by atoms with E-state index < -0.39 is 27.9 Å². The highest BCUT2D eigenvalue weighted by atomic mass is 32.2. The monoisotopic (exact) mass is 422 g/mol. The van der Waals surface area contributed by atoms with Crippen molar-refractivity contribution in [3.05, 3.63) is 53.3 Å². The number of nitrogens with one attached hydrogen (secondary N) is 1. The van der Waals surface area contributed by atoms with Gasteiger partial charge in [-0.25, -0.2) is 12.8 Å². The van der Waals surface area contributed by atoms with E-state index in [2.05, 4.69) is 5.32 Å². The summed E-state index contributed by atoms with van der Waals surface area (Å²) < 4.78 is 45.6. The fourth-order valence-electron chi connectivity index (χ4n) is 2.82. The molecule has 0 aliphatic carbocycles. The van der Waals surface area contributed by atoms with Gasteiger partial charge in [0.2, 0.25) is 10.0 Å². The summed E-state index contributed by atoms with van der Waals surface area (Å²) in [6.45, 7) is 9.44. The molecule has 0 aromatic heterocycles. The smallest absolute Gasteiger partial charge is 0.265 e. The van der Waals surface area contributed by atoms with Crippen molar-refractivity contribution in [3.63, 3.8) is 0 Å². The van der Waals surface area contributed by atoms with Crippen LogP contribution in [-0.4, -0.2) is 37.8 Å². The van der Waals surface area contributed by atoms with E-state index in [0.717, 1.165) is 11.1 Å². The minimum Gasteiger partial charge on any atom is -0.481 e. The van der Waals surface area contributed by atoms with E-state index in [9.17, 15) is 17.6 Å². The Morgan fingerprint density at radius 3 is 2.28 bits per heavy atom. The Morgan fingerprint density at radius 2 is 1.72 bits per heavy atom. The second-order valence-corrected chi connectivity index (χ2v) is 8.64. The van der Waals surface area contributed by atoms with Gasteiger partial charge in [0.05, 0.1) is 4.90 Å². The van der Waals surface area contributed by atoms with E-state index in [0.29, 0.717) is 24.5 Å². The molecule has 2 aromatic rings. The minimum atomic E-state index is -3.66. The SMILES string of the molecule is CCN(CC)S(=O)(=O)c1cc(C)c(C)c(NC(=O)C(C)Oc2ccc(F)cc2)c1. The number of aryl methyl sites for hydroxylation is 1. The molecule has 0 aliphatic heterocycles. The lowest BCUT2D eigenvalue weighted by molar-refractivity contribution is -0.122. The molecule has 0 saturated heterocycles. The molecule has 0 radical (unpaired) electrons. The van der Waals surface area contributed by atoms with E-state index >= 15 is 0 Å². The zero-order valence-electron chi connectivity index (χ0n) is 17.3. The van der Waals surface area contributed by atoms with E-state index in [1.807, 2.05) is 6.92 Å². The van der Waals surface area contributed by atoms with Crippen LogP contribution in [0.5, 0.6) is 5.75 Å². The molecule has 0 bridgehead atoms. The van der Waals surface area contributed by atoms with E-state index in [1.165, 1.54) is 34.6 Å². The molecule has 1 N–H and O–H groups in total. The van der Waals surface area contributed by atoms with Crippen LogP contribution in [0.15, 0.2) is 41.3 Å². The maximum Gasteiger partial charge on any atom is 0.265 e. The van der Waals surface area contributed by atoms with Gasteiger partial charge in [-0.3, -0.25) is 4.79 Å². The maximum absolute atomic E-state index is 13.0. The highest BCUT2D eigenvalue weighted by Gasteiger charge is 2.24. The highest BCUT2D eigenvalue weighted by molar-refractivity contribution is 7.89. The Labute approximate surface area is 171 Å². The van der Waals surface area contributed by atoms with Gasteiger partial charge >= 0.3 is 0 Å². The average Bonchev–Trinajstić information content (AvgIpc) is 2.67. The van der Waals surface area contributed by atoms with Gasteiger partial charge in [0.25, 0.3) is 5.91 Å². The number of nitrogens with zero attached hydrogens (tertiary/aromatic N) is 1. The predicted molar refractivity (Wildman–Crippen MR) is 111 cm³/mol. The molecule has 0 spiro atoms. The van der Waals surface area contributed by atoms with Gasteiger partial charge in [-0.1, -0.05) is 13.8 Å². The third-order valence-electron chi connectivity index (χ3n) is 4.74. The van der Waals surface area contributed by atoms with Crippen LogP contribution in [0.1, 0.15) is 31.9 Å². The van der Waals surface area contributed by atoms with Crippen LogP contribution in [0.25, 0.3) is 0 Å². The number of rotatable bonds is 8. The molecule has 158 valence electrons. The van der Waals surface area contributed by atoms with Crippen molar-refractivity contribution in [3.8, 4) is 5.75 Å². The molecule has 0 heterocycles. The zero-order valence-corrected chi connectivity index (χ0v) is 18.1. The molecule has 1 amide bonds. The van der Waals surface area contributed by atoms with Crippen molar-refractivity contribution in [2.24, 2.45) is 0 Å².